The molecule has 3 fully saturated rings. The lowest BCUT2D eigenvalue weighted by Gasteiger charge is -2.51. The molecule has 5 rings (SSSR count). The van der Waals surface area contributed by atoms with Crippen molar-refractivity contribution in [3.63, 3.8) is 0 Å². The van der Waals surface area contributed by atoms with E-state index in [1.165, 1.54) is 7.11 Å². The van der Waals surface area contributed by atoms with Crippen molar-refractivity contribution in [1.82, 2.24) is 5.32 Å². The number of aromatic hydroxyl groups is 1. The highest BCUT2D eigenvalue weighted by Gasteiger charge is 2.81. The molecular formula is C33H43NO5. The van der Waals surface area contributed by atoms with E-state index >= 15 is 0 Å². The summed E-state index contributed by atoms with van der Waals surface area (Å²) < 4.78 is 5.87. The normalized spacial score (nSPS) is 32.3. The average Bonchev–Trinajstić information content (AvgIpc) is 3.60. The number of aliphatic hydroxyl groups excluding tert-OH is 1. The zero-order valence-electron chi connectivity index (χ0n) is 23.5. The minimum absolute atomic E-state index is 0.0000787. The molecule has 0 heterocycles. The Bertz CT molecular complexity index is 1250. The van der Waals surface area contributed by atoms with E-state index in [0.29, 0.717) is 19.4 Å². The van der Waals surface area contributed by atoms with E-state index in [1.807, 2.05) is 25.2 Å². The van der Waals surface area contributed by atoms with E-state index in [1.54, 1.807) is 12.1 Å². The number of hydrogen-bond donors (Lipinski definition) is 4. The van der Waals surface area contributed by atoms with Crippen LogP contribution in [0.4, 0.5) is 0 Å². The number of phenolic OH excluding ortho intramolecular Hbond substituents is 1. The summed E-state index contributed by atoms with van der Waals surface area (Å²) in [6, 6.07) is 13.7. The number of rotatable bonds is 10. The van der Waals surface area contributed by atoms with Crippen LogP contribution in [-0.4, -0.2) is 47.7 Å². The molecule has 4 N–H and O–H groups in total. The van der Waals surface area contributed by atoms with Crippen LogP contribution in [0.2, 0.25) is 0 Å². The third-order valence-electron chi connectivity index (χ3n) is 10.5. The monoisotopic (exact) mass is 533 g/mol. The number of phenols is 1. The quantitative estimate of drug-likeness (QED) is 0.254. The van der Waals surface area contributed by atoms with Gasteiger partial charge in [0.25, 0.3) is 0 Å². The van der Waals surface area contributed by atoms with Crippen LogP contribution in [0.15, 0.2) is 54.6 Å². The van der Waals surface area contributed by atoms with Crippen molar-refractivity contribution in [3.8, 4) is 16.9 Å². The smallest absolute Gasteiger partial charge is 0.185 e. The Balaban J connectivity index is 1.46. The Kier molecular flexibility index (Phi) is 7.53. The van der Waals surface area contributed by atoms with Gasteiger partial charge in [-0.05, 0) is 85.0 Å². The maximum absolute atomic E-state index is 14.5. The van der Waals surface area contributed by atoms with E-state index in [9.17, 15) is 20.1 Å². The third kappa shape index (κ3) is 4.10. The van der Waals surface area contributed by atoms with Gasteiger partial charge in [-0.1, -0.05) is 56.2 Å². The number of fused-ring (bicyclic) bond motifs is 2. The molecule has 0 radical (unpaired) electrons. The molecule has 3 aliphatic rings. The Morgan fingerprint density at radius 3 is 2.51 bits per heavy atom. The summed E-state index contributed by atoms with van der Waals surface area (Å²) >= 11 is 0. The van der Waals surface area contributed by atoms with Crippen LogP contribution in [0, 0.1) is 28.6 Å². The fourth-order valence-electron chi connectivity index (χ4n) is 8.66. The number of hydrogen-bond acceptors (Lipinski definition) is 6. The molecule has 3 saturated carbocycles. The van der Waals surface area contributed by atoms with Crippen LogP contribution in [-0.2, 0) is 22.5 Å². The molecule has 6 heteroatoms. The maximum Gasteiger partial charge on any atom is 0.185 e. The fraction of sp³-hybridized carbons (Fsp3) is 0.545. The van der Waals surface area contributed by atoms with Gasteiger partial charge in [0.05, 0.1) is 5.41 Å². The number of Topliss-reactive ketones (excluding diaryl/α,β-unsaturated/α-hetero) is 1. The first kappa shape index (κ1) is 28.0. The highest BCUT2D eigenvalue weighted by molar-refractivity contribution is 5.90. The molecule has 0 spiro atoms. The highest BCUT2D eigenvalue weighted by atomic mass is 16.6. The Morgan fingerprint density at radius 2 is 1.85 bits per heavy atom. The lowest BCUT2D eigenvalue weighted by Crippen LogP contribution is -2.57. The number of carbonyl (C=O) groups is 1. The lowest BCUT2D eigenvalue weighted by molar-refractivity contribution is -0.258. The first-order valence-corrected chi connectivity index (χ1v) is 14.3. The molecule has 2 aromatic rings. The molecule has 0 amide bonds. The molecule has 0 aromatic heterocycles. The topological polar surface area (TPSA) is 99.0 Å². The van der Waals surface area contributed by atoms with Gasteiger partial charge in [-0.2, -0.15) is 0 Å². The van der Waals surface area contributed by atoms with E-state index < -0.39 is 22.5 Å². The summed E-state index contributed by atoms with van der Waals surface area (Å²) in [5.74, 6) is -1.89. The zero-order chi connectivity index (χ0) is 28.0. The second-order valence-corrected chi connectivity index (χ2v) is 12.2. The Labute approximate surface area is 232 Å². The van der Waals surface area contributed by atoms with Gasteiger partial charge < -0.3 is 25.4 Å². The van der Waals surface area contributed by atoms with Gasteiger partial charge in [0.15, 0.2) is 5.79 Å². The maximum atomic E-state index is 14.5. The number of methoxy groups -OCH3 is 1. The first-order valence-electron chi connectivity index (χ1n) is 14.3. The van der Waals surface area contributed by atoms with Gasteiger partial charge in [-0.3, -0.25) is 4.79 Å². The molecule has 6 nitrogen and oxygen atoms in total. The summed E-state index contributed by atoms with van der Waals surface area (Å²) in [4.78, 5) is 14.5. The van der Waals surface area contributed by atoms with Crippen LogP contribution in [0.5, 0.6) is 5.75 Å². The van der Waals surface area contributed by atoms with Gasteiger partial charge in [0, 0.05) is 38.0 Å². The van der Waals surface area contributed by atoms with E-state index in [2.05, 4.69) is 31.0 Å². The second-order valence-electron chi connectivity index (χ2n) is 12.2. The van der Waals surface area contributed by atoms with E-state index in [0.717, 1.165) is 53.5 Å². The van der Waals surface area contributed by atoms with Crippen LogP contribution in [0.1, 0.15) is 56.6 Å². The molecular weight excluding hydrogens is 490 g/mol. The predicted molar refractivity (Wildman–Crippen MR) is 152 cm³/mol. The van der Waals surface area contributed by atoms with Crippen molar-refractivity contribution < 1.29 is 24.9 Å². The Hall–Kier alpha value is -2.51. The molecule has 210 valence electrons. The zero-order valence-corrected chi connectivity index (χ0v) is 23.5. The number of ether oxygens (including phenoxy) is 1. The van der Waals surface area contributed by atoms with Crippen molar-refractivity contribution in [2.24, 2.45) is 28.6 Å². The number of aryl methyl sites for hydroxylation is 1. The minimum Gasteiger partial charge on any atom is -0.508 e. The van der Waals surface area contributed by atoms with E-state index in [4.69, 9.17) is 4.74 Å². The van der Waals surface area contributed by atoms with Crippen molar-refractivity contribution in [1.29, 1.82) is 0 Å². The fourth-order valence-corrected chi connectivity index (χ4v) is 8.66. The van der Waals surface area contributed by atoms with Crippen LogP contribution in [0.3, 0.4) is 0 Å². The molecule has 2 aromatic carbocycles. The summed E-state index contributed by atoms with van der Waals surface area (Å²) in [5.41, 5.74) is 3.08. The molecule has 5 atom stereocenters. The van der Waals surface area contributed by atoms with Gasteiger partial charge in [0.1, 0.15) is 11.5 Å². The van der Waals surface area contributed by atoms with Crippen molar-refractivity contribution in [2.45, 2.75) is 64.2 Å². The van der Waals surface area contributed by atoms with Gasteiger partial charge in [-0.15, -0.1) is 0 Å². The van der Waals surface area contributed by atoms with Gasteiger partial charge in [-0.25, -0.2) is 0 Å². The van der Waals surface area contributed by atoms with Gasteiger partial charge in [0.2, 0.25) is 0 Å². The molecule has 0 saturated heterocycles. The number of nitrogens with one attached hydrogen (secondary N) is 1. The van der Waals surface area contributed by atoms with Crippen LogP contribution >= 0.6 is 0 Å². The third-order valence-corrected chi connectivity index (χ3v) is 10.5. The van der Waals surface area contributed by atoms with Crippen LogP contribution < -0.4 is 5.32 Å². The first-order chi connectivity index (χ1) is 18.7. The van der Waals surface area contributed by atoms with Crippen molar-refractivity contribution >= 4 is 5.78 Å². The minimum atomic E-state index is -1.67. The summed E-state index contributed by atoms with van der Waals surface area (Å²) in [5, 5.41) is 35.7. The number of benzene rings is 2. The van der Waals surface area contributed by atoms with Crippen molar-refractivity contribution in [3.05, 3.63) is 65.7 Å². The van der Waals surface area contributed by atoms with Crippen LogP contribution in [0.25, 0.3) is 11.1 Å². The molecule has 39 heavy (non-hydrogen) atoms. The number of ketones is 1. The average molecular weight is 534 g/mol. The molecule has 2 bridgehead atoms. The highest BCUT2D eigenvalue weighted by Crippen LogP contribution is 2.77. The van der Waals surface area contributed by atoms with Gasteiger partial charge >= 0.3 is 0 Å². The summed E-state index contributed by atoms with van der Waals surface area (Å²) in [7, 11) is 3.36. The molecule has 0 unspecified atom stereocenters. The number of aliphatic hydroxyl groups is 2. The second kappa shape index (κ2) is 10.5. The standard InChI is InChI=1S/C33H43NO5/c1-21-30-26(20-35)18-32(33(30,38)39-4,31(21,2)27-10-5-6-11-27)29(37)13-12-22-8-7-9-24(14-22)25-15-23(19-34-3)16-28(36)17-25/h7-9,14-17,26-27,30,34-36,38H,1,5-6,10-13,18-20H2,2-4H3/t26-,30-,31-,32-,33-/m1/s1. The molecule has 0 aliphatic heterocycles. The van der Waals surface area contributed by atoms with Crippen molar-refractivity contribution in [2.75, 3.05) is 20.8 Å². The Morgan fingerprint density at radius 1 is 1.13 bits per heavy atom. The SMILES string of the molecule is C=C1[C@@H]2[C@@H](CO)C[C@@](C(=O)CCc3cccc(-c4cc(O)cc(CNC)c4)c3)([C@@]1(C)C1CCCC1)[C@]2(O)OC. The summed E-state index contributed by atoms with van der Waals surface area (Å²) in [6.45, 7) is 7.15. The predicted octanol–water partition coefficient (Wildman–Crippen LogP) is 5.00. The van der Waals surface area contributed by atoms with E-state index in [-0.39, 0.29) is 36.4 Å². The summed E-state index contributed by atoms with van der Waals surface area (Å²) in [6.07, 6.45) is 5.48. The largest absolute Gasteiger partial charge is 0.508 e. The number of carbonyl (C=O) groups excluding carboxylic acids is 1. The lowest BCUT2D eigenvalue weighted by atomic mass is 9.52. The molecule has 3 aliphatic carbocycles.